The second kappa shape index (κ2) is 9.22. The highest BCUT2D eigenvalue weighted by atomic mass is 16.6. The first-order valence-electron chi connectivity index (χ1n) is 7.83. The van der Waals surface area contributed by atoms with Crippen LogP contribution in [0.2, 0.25) is 0 Å². The van der Waals surface area contributed by atoms with Gasteiger partial charge >= 0.3 is 5.97 Å². The number of hydrogen-bond acceptors (Lipinski definition) is 6. The van der Waals surface area contributed by atoms with Gasteiger partial charge in [-0.05, 0) is 41.5 Å². The zero-order valence-corrected chi connectivity index (χ0v) is 14.8. The summed E-state index contributed by atoms with van der Waals surface area (Å²) in [5, 5.41) is 3.92. The Hall–Kier alpha value is -3.35. The minimum absolute atomic E-state index is 0.204. The molecule has 0 aromatic heterocycles. The van der Waals surface area contributed by atoms with Crippen LogP contribution >= 0.6 is 0 Å². The number of amides is 1. The number of ether oxygens (including phenoxy) is 3. The van der Waals surface area contributed by atoms with Gasteiger partial charge in [-0.2, -0.15) is 5.10 Å². The van der Waals surface area contributed by atoms with Crippen LogP contribution in [-0.4, -0.2) is 32.3 Å². The molecule has 0 spiro atoms. The van der Waals surface area contributed by atoms with Crippen molar-refractivity contribution in [3.63, 3.8) is 0 Å². The Labute approximate surface area is 151 Å². The predicted octanol–water partition coefficient (Wildman–Crippen LogP) is 2.32. The van der Waals surface area contributed by atoms with Crippen LogP contribution in [0.5, 0.6) is 17.2 Å². The summed E-state index contributed by atoms with van der Waals surface area (Å²) >= 11 is 0. The second-order valence-electron chi connectivity index (χ2n) is 5.32. The standard InChI is InChI=1S/C19H20N2O5/c1-13(22)26-17-9-6-15(10-18(17)25-3)12-20-21-19(23)11-14-4-7-16(24-2)8-5-14/h4-10,12H,11H2,1-3H3,(H,21,23)/b20-12-. The van der Waals surface area contributed by atoms with E-state index in [1.807, 2.05) is 12.1 Å². The van der Waals surface area contributed by atoms with Crippen LogP contribution in [0, 0.1) is 0 Å². The molecule has 0 bridgehead atoms. The maximum atomic E-state index is 11.9. The van der Waals surface area contributed by atoms with Gasteiger partial charge in [-0.3, -0.25) is 9.59 Å². The molecule has 1 N–H and O–H groups in total. The van der Waals surface area contributed by atoms with E-state index in [0.29, 0.717) is 17.1 Å². The van der Waals surface area contributed by atoms with Crippen LogP contribution in [0.4, 0.5) is 0 Å². The first-order valence-corrected chi connectivity index (χ1v) is 7.83. The third-order valence-corrected chi connectivity index (χ3v) is 3.37. The zero-order valence-electron chi connectivity index (χ0n) is 14.8. The highest BCUT2D eigenvalue weighted by Gasteiger charge is 2.07. The van der Waals surface area contributed by atoms with E-state index < -0.39 is 5.97 Å². The van der Waals surface area contributed by atoms with Crippen molar-refractivity contribution < 1.29 is 23.8 Å². The average molecular weight is 356 g/mol. The van der Waals surface area contributed by atoms with Gasteiger partial charge in [0.2, 0.25) is 5.91 Å². The monoisotopic (exact) mass is 356 g/mol. The first kappa shape index (κ1) is 19.0. The van der Waals surface area contributed by atoms with Crippen molar-refractivity contribution in [3.05, 3.63) is 53.6 Å². The van der Waals surface area contributed by atoms with Gasteiger partial charge in [0, 0.05) is 6.92 Å². The van der Waals surface area contributed by atoms with E-state index in [0.717, 1.165) is 11.3 Å². The molecule has 2 aromatic rings. The summed E-state index contributed by atoms with van der Waals surface area (Å²) in [5.41, 5.74) is 4.00. The average Bonchev–Trinajstić information content (AvgIpc) is 2.63. The molecule has 0 fully saturated rings. The second-order valence-corrected chi connectivity index (χ2v) is 5.32. The smallest absolute Gasteiger partial charge is 0.308 e. The number of methoxy groups -OCH3 is 2. The van der Waals surface area contributed by atoms with Crippen molar-refractivity contribution in [2.45, 2.75) is 13.3 Å². The Morgan fingerprint density at radius 3 is 2.38 bits per heavy atom. The van der Waals surface area contributed by atoms with Crippen LogP contribution in [-0.2, 0) is 16.0 Å². The minimum atomic E-state index is -0.435. The first-order chi connectivity index (χ1) is 12.5. The van der Waals surface area contributed by atoms with E-state index in [1.54, 1.807) is 37.4 Å². The molecule has 0 heterocycles. The topological polar surface area (TPSA) is 86.2 Å². The van der Waals surface area contributed by atoms with E-state index in [4.69, 9.17) is 14.2 Å². The lowest BCUT2D eigenvalue weighted by Gasteiger charge is -2.08. The Balaban J connectivity index is 1.94. The molecule has 26 heavy (non-hydrogen) atoms. The molecule has 2 rings (SSSR count). The van der Waals surface area contributed by atoms with Crippen molar-refractivity contribution in [3.8, 4) is 17.2 Å². The molecule has 0 aliphatic carbocycles. The lowest BCUT2D eigenvalue weighted by Crippen LogP contribution is -2.19. The van der Waals surface area contributed by atoms with Crippen LogP contribution in [0.1, 0.15) is 18.1 Å². The third kappa shape index (κ3) is 5.62. The van der Waals surface area contributed by atoms with Gasteiger partial charge in [0.05, 0.1) is 26.9 Å². The highest BCUT2D eigenvalue weighted by Crippen LogP contribution is 2.27. The Bertz CT molecular complexity index is 800. The molecule has 0 aliphatic rings. The highest BCUT2D eigenvalue weighted by molar-refractivity contribution is 5.84. The zero-order chi connectivity index (χ0) is 18.9. The fraction of sp³-hybridized carbons (Fsp3) is 0.211. The van der Waals surface area contributed by atoms with Gasteiger partial charge in [-0.15, -0.1) is 0 Å². The summed E-state index contributed by atoms with van der Waals surface area (Å²) in [6.07, 6.45) is 1.68. The number of esters is 1. The number of rotatable bonds is 7. The summed E-state index contributed by atoms with van der Waals surface area (Å²) in [7, 11) is 3.06. The fourth-order valence-electron chi connectivity index (χ4n) is 2.15. The van der Waals surface area contributed by atoms with Gasteiger partial charge in [0.15, 0.2) is 11.5 Å². The molecule has 7 heteroatoms. The molecule has 2 aromatic carbocycles. The molecule has 0 saturated carbocycles. The van der Waals surface area contributed by atoms with Crippen molar-refractivity contribution in [1.82, 2.24) is 5.43 Å². The molecule has 7 nitrogen and oxygen atoms in total. The summed E-state index contributed by atoms with van der Waals surface area (Å²) in [6.45, 7) is 1.31. The van der Waals surface area contributed by atoms with E-state index in [2.05, 4.69) is 10.5 Å². The summed E-state index contributed by atoms with van der Waals surface area (Å²) < 4.78 is 15.3. The van der Waals surface area contributed by atoms with Crippen LogP contribution in [0.25, 0.3) is 0 Å². The summed E-state index contributed by atoms with van der Waals surface area (Å²) in [4.78, 5) is 23.0. The normalized spacial score (nSPS) is 10.4. The maximum absolute atomic E-state index is 11.9. The molecule has 0 radical (unpaired) electrons. The number of carbonyl (C=O) groups excluding carboxylic acids is 2. The number of hydrogen-bond donors (Lipinski definition) is 1. The molecule has 0 atom stereocenters. The SMILES string of the molecule is COc1ccc(CC(=O)N/N=C\c2ccc(OC(C)=O)c(OC)c2)cc1. The van der Waals surface area contributed by atoms with Crippen LogP contribution < -0.4 is 19.6 Å². The number of benzene rings is 2. The minimum Gasteiger partial charge on any atom is -0.497 e. The lowest BCUT2D eigenvalue weighted by molar-refractivity contribution is -0.132. The number of nitrogens with zero attached hydrogens (tertiary/aromatic N) is 1. The number of hydrazone groups is 1. The largest absolute Gasteiger partial charge is 0.497 e. The fourth-order valence-corrected chi connectivity index (χ4v) is 2.15. The van der Waals surface area contributed by atoms with Gasteiger partial charge in [0.25, 0.3) is 0 Å². The van der Waals surface area contributed by atoms with Gasteiger partial charge in [-0.1, -0.05) is 12.1 Å². The van der Waals surface area contributed by atoms with E-state index >= 15 is 0 Å². The molecular weight excluding hydrogens is 336 g/mol. The van der Waals surface area contributed by atoms with Gasteiger partial charge in [-0.25, -0.2) is 5.43 Å². The third-order valence-electron chi connectivity index (χ3n) is 3.37. The van der Waals surface area contributed by atoms with Gasteiger partial charge in [0.1, 0.15) is 5.75 Å². The van der Waals surface area contributed by atoms with Crippen molar-refractivity contribution in [1.29, 1.82) is 0 Å². The molecule has 0 saturated heterocycles. The number of carbonyl (C=O) groups is 2. The van der Waals surface area contributed by atoms with Gasteiger partial charge < -0.3 is 14.2 Å². The van der Waals surface area contributed by atoms with Crippen molar-refractivity contribution in [2.24, 2.45) is 5.10 Å². The summed E-state index contributed by atoms with van der Waals surface area (Å²) in [6, 6.07) is 12.2. The lowest BCUT2D eigenvalue weighted by atomic mass is 10.1. The molecule has 136 valence electrons. The quantitative estimate of drug-likeness (QED) is 0.356. The van der Waals surface area contributed by atoms with E-state index in [-0.39, 0.29) is 12.3 Å². The Morgan fingerprint density at radius 1 is 1.04 bits per heavy atom. The van der Waals surface area contributed by atoms with E-state index in [1.165, 1.54) is 20.2 Å². The predicted molar refractivity (Wildman–Crippen MR) is 96.7 cm³/mol. The van der Waals surface area contributed by atoms with Crippen LogP contribution in [0.3, 0.4) is 0 Å². The summed E-state index contributed by atoms with van der Waals surface area (Å²) in [5.74, 6) is 0.776. The van der Waals surface area contributed by atoms with E-state index in [9.17, 15) is 9.59 Å². The van der Waals surface area contributed by atoms with Crippen LogP contribution in [0.15, 0.2) is 47.6 Å². The maximum Gasteiger partial charge on any atom is 0.308 e. The Morgan fingerprint density at radius 2 is 1.77 bits per heavy atom. The molecule has 0 aliphatic heterocycles. The Kier molecular flexibility index (Phi) is 6.73. The van der Waals surface area contributed by atoms with Crippen molar-refractivity contribution >= 4 is 18.1 Å². The molecule has 1 amide bonds. The molecule has 0 unspecified atom stereocenters. The number of nitrogens with one attached hydrogen (secondary N) is 1. The molecular formula is C19H20N2O5. The van der Waals surface area contributed by atoms with Crippen molar-refractivity contribution in [2.75, 3.05) is 14.2 Å².